The Hall–Kier alpha value is -2.80. The number of hydrogen-bond acceptors (Lipinski definition) is 5. The molecular weight excluding hydrogens is 406 g/mol. The molecule has 1 amide bonds. The monoisotopic (exact) mass is 429 g/mol. The van der Waals surface area contributed by atoms with Gasteiger partial charge in [-0.05, 0) is 50.3 Å². The lowest BCUT2D eigenvalue weighted by Crippen LogP contribution is -2.63. The minimum Gasteiger partial charge on any atom is -0.502 e. The van der Waals surface area contributed by atoms with Crippen LogP contribution in [0.3, 0.4) is 0 Å². The molecule has 2 aliphatic rings. The van der Waals surface area contributed by atoms with E-state index in [2.05, 4.69) is 0 Å². The average molecular weight is 430 g/mol. The summed E-state index contributed by atoms with van der Waals surface area (Å²) in [5, 5.41) is 13.2. The van der Waals surface area contributed by atoms with Gasteiger partial charge in [0.2, 0.25) is 5.43 Å². The Labute approximate surface area is 179 Å². The normalized spacial score (nSPS) is 18.2. The molecule has 1 aromatic heterocycles. The van der Waals surface area contributed by atoms with E-state index < -0.39 is 11.2 Å². The van der Waals surface area contributed by atoms with Gasteiger partial charge in [0.1, 0.15) is 6.17 Å². The Balaban J connectivity index is 1.68. The van der Waals surface area contributed by atoms with E-state index in [4.69, 9.17) is 11.6 Å². The van der Waals surface area contributed by atoms with Crippen LogP contribution in [0.2, 0.25) is 5.02 Å². The summed E-state index contributed by atoms with van der Waals surface area (Å²) in [5.41, 5.74) is -0.0105. The second-order valence-electron chi connectivity index (χ2n) is 7.69. The third-order valence-electron chi connectivity index (χ3n) is 5.90. The van der Waals surface area contributed by atoms with Crippen LogP contribution in [0, 0.1) is 0 Å². The van der Waals surface area contributed by atoms with Crippen molar-refractivity contribution in [2.75, 3.05) is 18.1 Å². The molecule has 1 fully saturated rings. The number of aromatic hydroxyl groups is 1. The number of carbonyl (C=O) groups is 2. The zero-order chi connectivity index (χ0) is 21.4. The smallest absolute Gasteiger partial charge is 0.278 e. The maximum Gasteiger partial charge on any atom is 0.278 e. The van der Waals surface area contributed by atoms with E-state index in [-0.39, 0.29) is 35.5 Å². The van der Waals surface area contributed by atoms with Crippen molar-refractivity contribution >= 4 is 23.3 Å². The van der Waals surface area contributed by atoms with Crippen LogP contribution in [0.5, 0.6) is 5.75 Å². The molecule has 0 saturated carbocycles. The van der Waals surface area contributed by atoms with Crippen LogP contribution in [-0.4, -0.2) is 45.6 Å². The van der Waals surface area contributed by atoms with E-state index in [1.807, 2.05) is 24.1 Å². The molecule has 2 aromatic rings. The van der Waals surface area contributed by atoms with E-state index in [1.165, 1.54) is 10.9 Å². The summed E-state index contributed by atoms with van der Waals surface area (Å²) >= 11 is 5.89. The van der Waals surface area contributed by atoms with Crippen molar-refractivity contribution < 1.29 is 14.7 Å². The summed E-state index contributed by atoms with van der Waals surface area (Å²) in [7, 11) is 0. The van der Waals surface area contributed by atoms with Gasteiger partial charge >= 0.3 is 0 Å². The highest BCUT2D eigenvalue weighted by Gasteiger charge is 2.40. The van der Waals surface area contributed by atoms with Crippen LogP contribution >= 0.6 is 11.6 Å². The zero-order valence-corrected chi connectivity index (χ0v) is 17.6. The van der Waals surface area contributed by atoms with Gasteiger partial charge in [0, 0.05) is 30.7 Å². The number of pyridine rings is 1. The molecule has 1 saturated heterocycles. The van der Waals surface area contributed by atoms with Crippen LogP contribution in [0.25, 0.3) is 0 Å². The number of fused-ring (bicyclic) bond motifs is 3. The lowest BCUT2D eigenvalue weighted by molar-refractivity contribution is 0.0534. The van der Waals surface area contributed by atoms with Crippen molar-refractivity contribution in [2.24, 2.45) is 0 Å². The van der Waals surface area contributed by atoms with Gasteiger partial charge in [-0.25, -0.2) is 0 Å². The minimum absolute atomic E-state index is 0.0609. The number of ketones is 1. The molecule has 0 radical (unpaired) electrons. The molecule has 158 valence electrons. The molecule has 7 nitrogen and oxygen atoms in total. The Morgan fingerprint density at radius 1 is 1.20 bits per heavy atom. The first-order valence-electron chi connectivity index (χ1n) is 10.3. The van der Waals surface area contributed by atoms with Crippen molar-refractivity contribution in [1.29, 1.82) is 0 Å². The van der Waals surface area contributed by atoms with Crippen molar-refractivity contribution in [3.05, 3.63) is 62.5 Å². The predicted molar refractivity (Wildman–Crippen MR) is 114 cm³/mol. The summed E-state index contributed by atoms with van der Waals surface area (Å²) < 4.78 is 1.53. The topological polar surface area (TPSA) is 82.9 Å². The van der Waals surface area contributed by atoms with Crippen LogP contribution in [-0.2, 0) is 6.42 Å². The minimum atomic E-state index is -0.790. The summed E-state index contributed by atoms with van der Waals surface area (Å²) in [6, 6.07) is 7.18. The number of rotatable bonds is 5. The van der Waals surface area contributed by atoms with Crippen LogP contribution < -0.4 is 10.4 Å². The van der Waals surface area contributed by atoms with Crippen molar-refractivity contribution in [1.82, 2.24) is 9.58 Å². The quantitative estimate of drug-likeness (QED) is 0.739. The number of halogens is 1. The van der Waals surface area contributed by atoms with Crippen LogP contribution in [0.15, 0.2) is 35.3 Å². The first kappa shape index (κ1) is 20.5. The number of aromatic nitrogens is 1. The van der Waals surface area contributed by atoms with E-state index in [9.17, 15) is 19.5 Å². The molecular formula is C22H24ClN3O4. The van der Waals surface area contributed by atoms with Gasteiger partial charge in [-0.3, -0.25) is 24.1 Å². The molecule has 30 heavy (non-hydrogen) atoms. The number of carbonyl (C=O) groups excluding carboxylic acids is 2. The number of Topliss-reactive ketones (excluding diaryl/α,β-unsaturated/α-hetero) is 1. The fourth-order valence-corrected chi connectivity index (χ4v) is 4.45. The Morgan fingerprint density at radius 3 is 2.63 bits per heavy atom. The SMILES string of the molecule is CCN1C(=O)c2c(O)c(=O)c(C(=O)CCc3ccc(Cl)cc3)cn2N2CCCC[C@@H]12. The van der Waals surface area contributed by atoms with Gasteiger partial charge in [-0.1, -0.05) is 23.7 Å². The molecule has 1 aromatic carbocycles. The second kappa shape index (κ2) is 8.14. The van der Waals surface area contributed by atoms with E-state index in [0.29, 0.717) is 24.5 Å². The van der Waals surface area contributed by atoms with Gasteiger partial charge in [0.25, 0.3) is 5.91 Å². The summed E-state index contributed by atoms with van der Waals surface area (Å²) in [6.45, 7) is 3.04. The Bertz CT molecular complexity index is 1050. The maximum atomic E-state index is 13.0. The summed E-state index contributed by atoms with van der Waals surface area (Å²) in [5.74, 6) is -1.39. The molecule has 2 aliphatic heterocycles. The summed E-state index contributed by atoms with van der Waals surface area (Å²) in [4.78, 5) is 40.2. The van der Waals surface area contributed by atoms with Gasteiger partial charge in [-0.2, -0.15) is 0 Å². The molecule has 3 heterocycles. The van der Waals surface area contributed by atoms with E-state index >= 15 is 0 Å². The van der Waals surface area contributed by atoms with Gasteiger partial charge in [-0.15, -0.1) is 0 Å². The van der Waals surface area contributed by atoms with Crippen LogP contribution in [0.4, 0.5) is 0 Å². The molecule has 0 unspecified atom stereocenters. The van der Waals surface area contributed by atoms with Crippen molar-refractivity contribution in [2.45, 2.75) is 45.2 Å². The largest absolute Gasteiger partial charge is 0.502 e. The highest BCUT2D eigenvalue weighted by atomic mass is 35.5. The first-order chi connectivity index (χ1) is 14.4. The van der Waals surface area contributed by atoms with Gasteiger partial charge in [0.05, 0.1) is 5.56 Å². The average Bonchev–Trinajstić information content (AvgIpc) is 2.75. The Kier molecular flexibility index (Phi) is 5.56. The number of nitrogens with zero attached hydrogens (tertiary/aromatic N) is 3. The van der Waals surface area contributed by atoms with Gasteiger partial charge in [0.15, 0.2) is 17.2 Å². The molecule has 1 N–H and O–H groups in total. The predicted octanol–water partition coefficient (Wildman–Crippen LogP) is 2.95. The molecule has 0 bridgehead atoms. The van der Waals surface area contributed by atoms with Gasteiger partial charge < -0.3 is 10.0 Å². The van der Waals surface area contributed by atoms with E-state index in [1.54, 1.807) is 17.0 Å². The third kappa shape index (κ3) is 3.47. The fraction of sp³-hybridized carbons (Fsp3) is 0.409. The number of piperidine rings is 1. The highest BCUT2D eigenvalue weighted by molar-refractivity contribution is 6.30. The molecule has 4 rings (SSSR count). The molecule has 0 spiro atoms. The first-order valence-corrected chi connectivity index (χ1v) is 10.6. The zero-order valence-electron chi connectivity index (χ0n) is 16.8. The molecule has 8 heteroatoms. The number of benzene rings is 1. The lowest BCUT2D eigenvalue weighted by atomic mass is 10.0. The number of aryl methyl sites for hydroxylation is 1. The maximum absolute atomic E-state index is 13.0. The molecule has 0 aliphatic carbocycles. The number of amides is 1. The standard InChI is InChI=1S/C22H24ClN3O4/c1-2-24-18-5-3-4-12-25(18)26-13-16(20(28)21(29)19(26)22(24)30)17(27)11-8-14-6-9-15(23)10-7-14/h6-7,9-10,13,18,29H,2-5,8,11-12H2,1H3/t18-/m0/s1. The number of hydrogen-bond donors (Lipinski definition) is 1. The van der Waals surface area contributed by atoms with Crippen LogP contribution in [0.1, 0.15) is 59.0 Å². The molecule has 1 atom stereocenters. The summed E-state index contributed by atoms with van der Waals surface area (Å²) in [6.07, 6.45) is 4.62. The second-order valence-corrected chi connectivity index (χ2v) is 8.13. The third-order valence-corrected chi connectivity index (χ3v) is 6.16. The fourth-order valence-electron chi connectivity index (χ4n) is 4.33. The highest BCUT2D eigenvalue weighted by Crippen LogP contribution is 2.29. The Morgan fingerprint density at radius 2 is 1.93 bits per heavy atom. The lowest BCUT2D eigenvalue weighted by Gasteiger charge is -2.48. The van der Waals surface area contributed by atoms with Crippen molar-refractivity contribution in [3.8, 4) is 5.75 Å². The van der Waals surface area contributed by atoms with E-state index in [0.717, 1.165) is 24.8 Å². The van der Waals surface area contributed by atoms with Crippen molar-refractivity contribution in [3.63, 3.8) is 0 Å².